The maximum absolute atomic E-state index is 12.5. The van der Waals surface area contributed by atoms with Crippen molar-refractivity contribution in [1.82, 2.24) is 5.32 Å². The molecule has 2 unspecified atom stereocenters. The topological polar surface area (TPSA) is 38.3 Å². The van der Waals surface area contributed by atoms with Crippen LogP contribution < -0.4 is 5.32 Å². The second-order valence-corrected chi connectivity index (χ2v) is 7.14. The number of benzene rings is 1. The van der Waals surface area contributed by atoms with E-state index in [2.05, 4.69) is 43.4 Å². The van der Waals surface area contributed by atoms with Gasteiger partial charge in [-0.05, 0) is 31.9 Å². The molecule has 2 atom stereocenters. The zero-order chi connectivity index (χ0) is 14.4. The minimum atomic E-state index is -0.786. The third-order valence-corrected chi connectivity index (χ3v) is 5.68. The summed E-state index contributed by atoms with van der Waals surface area (Å²) in [6.07, 6.45) is 1.86. The summed E-state index contributed by atoms with van der Waals surface area (Å²) in [4.78, 5) is 0. The summed E-state index contributed by atoms with van der Waals surface area (Å²) in [7, 11) is -0.786. The molecule has 1 N–H and O–H groups in total. The van der Waals surface area contributed by atoms with E-state index in [0.717, 1.165) is 32.6 Å². The maximum Gasteiger partial charge on any atom is 0.0477 e. The molecule has 1 aromatic carbocycles. The van der Waals surface area contributed by atoms with E-state index in [4.69, 9.17) is 4.74 Å². The summed E-state index contributed by atoms with van der Waals surface area (Å²) in [5.41, 5.74) is 2.49. The van der Waals surface area contributed by atoms with Crippen molar-refractivity contribution < 1.29 is 8.95 Å². The lowest BCUT2D eigenvalue weighted by Gasteiger charge is -2.25. The van der Waals surface area contributed by atoms with Gasteiger partial charge in [-0.3, -0.25) is 4.21 Å². The molecule has 1 saturated heterocycles. The van der Waals surface area contributed by atoms with E-state index in [1.807, 2.05) is 0 Å². The molecule has 0 bridgehead atoms. The number of aryl methyl sites for hydroxylation is 1. The summed E-state index contributed by atoms with van der Waals surface area (Å²) in [5, 5.41) is 3.77. The van der Waals surface area contributed by atoms with Crippen molar-refractivity contribution in [1.29, 1.82) is 0 Å². The van der Waals surface area contributed by atoms with Gasteiger partial charge in [0.05, 0.1) is 0 Å². The van der Waals surface area contributed by atoms with Crippen LogP contribution in [0, 0.1) is 6.92 Å². The van der Waals surface area contributed by atoms with E-state index in [0.29, 0.717) is 11.0 Å². The fourth-order valence-corrected chi connectivity index (χ4v) is 4.19. The Hall–Kier alpha value is -0.710. The summed E-state index contributed by atoms with van der Waals surface area (Å²) >= 11 is 0. The van der Waals surface area contributed by atoms with Crippen LogP contribution in [-0.4, -0.2) is 35.0 Å². The average molecular weight is 295 g/mol. The molecule has 1 heterocycles. The average Bonchev–Trinajstić information content (AvgIpc) is 2.48. The van der Waals surface area contributed by atoms with Gasteiger partial charge in [-0.25, -0.2) is 0 Å². The third kappa shape index (κ3) is 4.40. The van der Waals surface area contributed by atoms with Gasteiger partial charge in [0, 0.05) is 41.1 Å². The second kappa shape index (κ2) is 7.91. The van der Waals surface area contributed by atoms with Gasteiger partial charge in [-0.15, -0.1) is 0 Å². The van der Waals surface area contributed by atoms with Crippen molar-refractivity contribution in [3.05, 3.63) is 35.4 Å². The van der Waals surface area contributed by atoms with Gasteiger partial charge in [0.25, 0.3) is 0 Å². The normalized spacial score (nSPS) is 19.7. The van der Waals surface area contributed by atoms with E-state index >= 15 is 0 Å². The third-order valence-electron chi connectivity index (χ3n) is 3.80. The van der Waals surface area contributed by atoms with Crippen molar-refractivity contribution in [2.75, 3.05) is 25.5 Å². The number of ether oxygens (including phenoxy) is 1. The first-order chi connectivity index (χ1) is 9.70. The highest BCUT2D eigenvalue weighted by molar-refractivity contribution is 7.85. The molecule has 0 amide bonds. The fraction of sp³-hybridized carbons (Fsp3) is 0.625. The van der Waals surface area contributed by atoms with Crippen LogP contribution in [0.1, 0.15) is 36.9 Å². The molecule has 20 heavy (non-hydrogen) atoms. The lowest BCUT2D eigenvalue weighted by Crippen LogP contribution is -2.32. The van der Waals surface area contributed by atoms with Crippen molar-refractivity contribution in [3.8, 4) is 0 Å². The standard InChI is InChI=1S/C16H25NO2S/c1-3-17-16(14-6-4-13(2)5-7-14)12-20(18)15-8-10-19-11-9-15/h4-7,15-17H,3,8-12H2,1-2H3. The van der Waals surface area contributed by atoms with Gasteiger partial charge >= 0.3 is 0 Å². The van der Waals surface area contributed by atoms with Crippen molar-refractivity contribution in [3.63, 3.8) is 0 Å². The molecular weight excluding hydrogens is 270 g/mol. The highest BCUT2D eigenvalue weighted by atomic mass is 32.2. The molecule has 3 nitrogen and oxygen atoms in total. The Bertz CT molecular complexity index is 427. The molecular formula is C16H25NO2S. The zero-order valence-corrected chi connectivity index (χ0v) is 13.2. The SMILES string of the molecule is CCNC(CS(=O)C1CCOCC1)c1ccc(C)cc1. The molecule has 0 radical (unpaired) electrons. The van der Waals surface area contributed by atoms with Crippen LogP contribution in [0.2, 0.25) is 0 Å². The Balaban J connectivity index is 2.01. The molecule has 0 spiro atoms. The van der Waals surface area contributed by atoms with Crippen LogP contribution in [-0.2, 0) is 15.5 Å². The number of nitrogens with one attached hydrogen (secondary N) is 1. The van der Waals surface area contributed by atoms with Crippen LogP contribution in [0.3, 0.4) is 0 Å². The van der Waals surface area contributed by atoms with Gasteiger partial charge in [-0.2, -0.15) is 0 Å². The van der Waals surface area contributed by atoms with Crippen LogP contribution in [0.25, 0.3) is 0 Å². The predicted molar refractivity (Wildman–Crippen MR) is 84.4 cm³/mol. The van der Waals surface area contributed by atoms with E-state index in [1.54, 1.807) is 0 Å². The summed E-state index contributed by atoms with van der Waals surface area (Å²) < 4.78 is 17.9. The monoisotopic (exact) mass is 295 g/mol. The molecule has 0 saturated carbocycles. The van der Waals surface area contributed by atoms with Crippen LogP contribution in [0.4, 0.5) is 0 Å². The molecule has 112 valence electrons. The molecule has 1 aliphatic heterocycles. The van der Waals surface area contributed by atoms with Crippen LogP contribution in [0.15, 0.2) is 24.3 Å². The van der Waals surface area contributed by atoms with Gasteiger partial charge in [0.2, 0.25) is 0 Å². The zero-order valence-electron chi connectivity index (χ0n) is 12.4. The Morgan fingerprint density at radius 3 is 2.55 bits per heavy atom. The van der Waals surface area contributed by atoms with E-state index in [-0.39, 0.29) is 6.04 Å². The summed E-state index contributed by atoms with van der Waals surface area (Å²) in [6, 6.07) is 8.71. The van der Waals surface area contributed by atoms with E-state index in [1.165, 1.54) is 11.1 Å². The number of hydrogen-bond donors (Lipinski definition) is 1. The first-order valence-corrected chi connectivity index (χ1v) is 8.83. The predicted octanol–water partition coefficient (Wildman–Crippen LogP) is 2.57. The molecule has 4 heteroatoms. The van der Waals surface area contributed by atoms with Gasteiger partial charge in [0.15, 0.2) is 0 Å². The van der Waals surface area contributed by atoms with Crippen molar-refractivity contribution in [2.45, 2.75) is 38.0 Å². The second-order valence-electron chi connectivity index (χ2n) is 5.38. The van der Waals surface area contributed by atoms with Crippen molar-refractivity contribution in [2.24, 2.45) is 0 Å². The van der Waals surface area contributed by atoms with E-state index < -0.39 is 10.8 Å². The molecule has 1 fully saturated rings. The highest BCUT2D eigenvalue weighted by Gasteiger charge is 2.23. The molecule has 2 rings (SSSR count). The van der Waals surface area contributed by atoms with Gasteiger partial charge in [-0.1, -0.05) is 36.8 Å². The van der Waals surface area contributed by atoms with Crippen LogP contribution >= 0.6 is 0 Å². The first kappa shape index (κ1) is 15.7. The molecule has 1 aromatic rings. The van der Waals surface area contributed by atoms with Crippen molar-refractivity contribution >= 4 is 10.8 Å². The smallest absolute Gasteiger partial charge is 0.0477 e. The Morgan fingerprint density at radius 1 is 1.30 bits per heavy atom. The number of rotatable bonds is 6. The quantitative estimate of drug-likeness (QED) is 0.876. The van der Waals surface area contributed by atoms with Gasteiger partial charge in [0.1, 0.15) is 0 Å². The van der Waals surface area contributed by atoms with E-state index in [9.17, 15) is 4.21 Å². The minimum Gasteiger partial charge on any atom is -0.381 e. The Kier molecular flexibility index (Phi) is 6.20. The molecule has 0 aromatic heterocycles. The largest absolute Gasteiger partial charge is 0.381 e. The summed E-state index contributed by atoms with van der Waals surface area (Å²) in [6.45, 7) is 6.59. The Labute approximate surface area is 124 Å². The number of hydrogen-bond acceptors (Lipinski definition) is 3. The lowest BCUT2D eigenvalue weighted by atomic mass is 10.1. The lowest BCUT2D eigenvalue weighted by molar-refractivity contribution is 0.0992. The maximum atomic E-state index is 12.5. The first-order valence-electron chi connectivity index (χ1n) is 7.45. The molecule has 1 aliphatic rings. The minimum absolute atomic E-state index is 0.185. The molecule has 0 aliphatic carbocycles. The highest BCUT2D eigenvalue weighted by Crippen LogP contribution is 2.20. The Morgan fingerprint density at radius 2 is 1.95 bits per heavy atom. The van der Waals surface area contributed by atoms with Gasteiger partial charge < -0.3 is 10.1 Å². The fourth-order valence-electron chi connectivity index (χ4n) is 2.56. The van der Waals surface area contributed by atoms with Crippen LogP contribution in [0.5, 0.6) is 0 Å². The summed E-state index contributed by atoms with van der Waals surface area (Å²) in [5.74, 6) is 0.696.